The highest BCUT2D eigenvalue weighted by atomic mass is 19.1. The lowest BCUT2D eigenvalue weighted by Gasteiger charge is -2.18. The lowest BCUT2D eigenvalue weighted by Crippen LogP contribution is -2.30. The van der Waals surface area contributed by atoms with Crippen molar-refractivity contribution in [1.29, 1.82) is 0 Å². The molecule has 1 aromatic heterocycles. The number of hydrazine groups is 1. The second-order valence-corrected chi connectivity index (χ2v) is 4.66. The summed E-state index contributed by atoms with van der Waals surface area (Å²) in [6.07, 6.45) is 1.70. The normalized spacial score (nSPS) is 12.3. The molecule has 5 heteroatoms. The molecule has 0 fully saturated rings. The second kappa shape index (κ2) is 5.87. The first kappa shape index (κ1) is 13.5. The van der Waals surface area contributed by atoms with Crippen molar-refractivity contribution in [3.63, 3.8) is 0 Å². The van der Waals surface area contributed by atoms with E-state index in [-0.39, 0.29) is 11.9 Å². The van der Waals surface area contributed by atoms with Crippen LogP contribution in [0.1, 0.15) is 17.3 Å². The van der Waals surface area contributed by atoms with E-state index < -0.39 is 0 Å². The molecule has 2 aromatic carbocycles. The zero-order valence-corrected chi connectivity index (χ0v) is 11.3. The van der Waals surface area contributed by atoms with Crippen molar-refractivity contribution in [2.75, 3.05) is 0 Å². The van der Waals surface area contributed by atoms with Gasteiger partial charge in [-0.2, -0.15) is 5.10 Å². The van der Waals surface area contributed by atoms with E-state index in [0.29, 0.717) is 0 Å². The van der Waals surface area contributed by atoms with E-state index in [9.17, 15) is 4.39 Å². The number of halogens is 1. The summed E-state index contributed by atoms with van der Waals surface area (Å²) in [5.74, 6) is 5.39. The van der Waals surface area contributed by atoms with Gasteiger partial charge in [-0.1, -0.05) is 30.3 Å². The molecule has 0 aliphatic carbocycles. The number of rotatable bonds is 4. The van der Waals surface area contributed by atoms with Crippen LogP contribution in [0.2, 0.25) is 0 Å². The largest absolute Gasteiger partial charge is 0.271 e. The van der Waals surface area contributed by atoms with Crippen molar-refractivity contribution < 1.29 is 4.39 Å². The molecule has 106 valence electrons. The van der Waals surface area contributed by atoms with Crippen LogP contribution in [-0.2, 0) is 0 Å². The third-order valence-corrected chi connectivity index (χ3v) is 3.32. The van der Waals surface area contributed by atoms with Crippen LogP contribution in [0.15, 0.2) is 66.9 Å². The maximum Gasteiger partial charge on any atom is 0.123 e. The minimum absolute atomic E-state index is 0.293. The van der Waals surface area contributed by atoms with Gasteiger partial charge in [-0.05, 0) is 35.9 Å². The maximum absolute atomic E-state index is 13.4. The third kappa shape index (κ3) is 2.69. The third-order valence-electron chi connectivity index (χ3n) is 3.32. The van der Waals surface area contributed by atoms with Crippen molar-refractivity contribution in [2.45, 2.75) is 6.04 Å². The van der Waals surface area contributed by atoms with Crippen molar-refractivity contribution in [2.24, 2.45) is 5.84 Å². The van der Waals surface area contributed by atoms with Gasteiger partial charge in [0.1, 0.15) is 5.82 Å². The zero-order chi connectivity index (χ0) is 14.7. The van der Waals surface area contributed by atoms with Crippen molar-refractivity contribution in [3.05, 3.63) is 83.9 Å². The van der Waals surface area contributed by atoms with Gasteiger partial charge in [-0.25, -0.2) is 14.5 Å². The molecule has 3 aromatic rings. The molecule has 0 radical (unpaired) electrons. The highest BCUT2D eigenvalue weighted by Gasteiger charge is 2.18. The van der Waals surface area contributed by atoms with Gasteiger partial charge in [0.25, 0.3) is 0 Å². The number of hydrogen-bond donors (Lipinski definition) is 2. The summed E-state index contributed by atoms with van der Waals surface area (Å²) >= 11 is 0. The molecule has 4 nitrogen and oxygen atoms in total. The lowest BCUT2D eigenvalue weighted by molar-refractivity contribution is 0.583. The fraction of sp³-hybridized carbons (Fsp3) is 0.0625. The number of benzene rings is 2. The first-order valence-corrected chi connectivity index (χ1v) is 6.60. The fourth-order valence-electron chi connectivity index (χ4n) is 2.36. The van der Waals surface area contributed by atoms with Gasteiger partial charge in [-0.15, -0.1) is 0 Å². The van der Waals surface area contributed by atoms with E-state index in [0.717, 1.165) is 16.9 Å². The monoisotopic (exact) mass is 282 g/mol. The van der Waals surface area contributed by atoms with Gasteiger partial charge in [0.2, 0.25) is 0 Å². The standard InChI is InChI=1S/C16H15FN4/c17-13-6-4-5-12(11-13)16(20-18)15-9-10-19-21(15)14-7-2-1-3-8-14/h1-11,16,20H,18H2. The summed E-state index contributed by atoms with van der Waals surface area (Å²) in [5.41, 5.74) is 5.24. The van der Waals surface area contributed by atoms with Crippen LogP contribution >= 0.6 is 0 Å². The average molecular weight is 282 g/mol. The Hall–Kier alpha value is -2.50. The van der Waals surface area contributed by atoms with Gasteiger partial charge < -0.3 is 0 Å². The first-order valence-electron chi connectivity index (χ1n) is 6.60. The summed E-state index contributed by atoms with van der Waals surface area (Å²) in [7, 11) is 0. The Bertz CT molecular complexity index is 724. The smallest absolute Gasteiger partial charge is 0.123 e. The predicted octanol–water partition coefficient (Wildman–Crippen LogP) is 2.56. The minimum Gasteiger partial charge on any atom is -0.271 e. The van der Waals surface area contributed by atoms with Gasteiger partial charge >= 0.3 is 0 Å². The number of aromatic nitrogens is 2. The molecule has 0 spiro atoms. The number of nitrogens with one attached hydrogen (secondary N) is 1. The Labute approximate surface area is 122 Å². The molecule has 0 aliphatic rings. The molecule has 0 saturated carbocycles. The van der Waals surface area contributed by atoms with Crippen LogP contribution in [0.4, 0.5) is 4.39 Å². The molecule has 1 unspecified atom stereocenters. The quantitative estimate of drug-likeness (QED) is 0.571. The summed E-state index contributed by atoms with van der Waals surface area (Å²) in [5, 5.41) is 4.33. The van der Waals surface area contributed by atoms with Gasteiger partial charge in [0.15, 0.2) is 0 Å². The minimum atomic E-state index is -0.344. The predicted molar refractivity (Wildman–Crippen MR) is 79.1 cm³/mol. The van der Waals surface area contributed by atoms with E-state index in [2.05, 4.69) is 10.5 Å². The van der Waals surface area contributed by atoms with E-state index >= 15 is 0 Å². The molecule has 0 amide bonds. The number of para-hydroxylation sites is 1. The van der Waals surface area contributed by atoms with Crippen LogP contribution in [0.5, 0.6) is 0 Å². The number of nitrogens with two attached hydrogens (primary N) is 1. The maximum atomic E-state index is 13.4. The molecular formula is C16H15FN4. The van der Waals surface area contributed by atoms with Crippen molar-refractivity contribution >= 4 is 0 Å². The number of hydrogen-bond acceptors (Lipinski definition) is 3. The van der Waals surface area contributed by atoms with Crippen molar-refractivity contribution in [1.82, 2.24) is 15.2 Å². The molecule has 0 saturated heterocycles. The van der Waals surface area contributed by atoms with Gasteiger partial charge in [-0.3, -0.25) is 5.84 Å². The van der Waals surface area contributed by atoms with Gasteiger partial charge in [0.05, 0.1) is 17.4 Å². The first-order chi connectivity index (χ1) is 10.3. The van der Waals surface area contributed by atoms with Crippen LogP contribution in [0, 0.1) is 5.82 Å². The van der Waals surface area contributed by atoms with E-state index in [4.69, 9.17) is 5.84 Å². The summed E-state index contributed by atoms with van der Waals surface area (Å²) in [6.45, 7) is 0. The van der Waals surface area contributed by atoms with E-state index in [1.165, 1.54) is 12.1 Å². The van der Waals surface area contributed by atoms with Gasteiger partial charge in [0, 0.05) is 6.20 Å². The number of nitrogens with zero attached hydrogens (tertiary/aromatic N) is 2. The molecule has 21 heavy (non-hydrogen) atoms. The summed E-state index contributed by atoms with van der Waals surface area (Å²) in [4.78, 5) is 0. The Morgan fingerprint density at radius 1 is 1.05 bits per heavy atom. The Balaban J connectivity index is 2.05. The average Bonchev–Trinajstić information content (AvgIpc) is 2.98. The topological polar surface area (TPSA) is 55.9 Å². The Kier molecular flexibility index (Phi) is 3.77. The molecule has 3 N–H and O–H groups in total. The molecule has 0 aliphatic heterocycles. The summed E-state index contributed by atoms with van der Waals surface area (Å²) in [6, 6.07) is 17.6. The molecule has 0 bridgehead atoms. The fourth-order valence-corrected chi connectivity index (χ4v) is 2.36. The highest BCUT2D eigenvalue weighted by Crippen LogP contribution is 2.23. The lowest BCUT2D eigenvalue weighted by atomic mass is 10.0. The second-order valence-electron chi connectivity index (χ2n) is 4.66. The Morgan fingerprint density at radius 3 is 2.57 bits per heavy atom. The van der Waals surface area contributed by atoms with E-state index in [1.807, 2.05) is 42.5 Å². The Morgan fingerprint density at radius 2 is 1.86 bits per heavy atom. The van der Waals surface area contributed by atoms with Crippen LogP contribution < -0.4 is 11.3 Å². The summed E-state index contributed by atoms with van der Waals surface area (Å²) < 4.78 is 15.2. The van der Waals surface area contributed by atoms with E-state index in [1.54, 1.807) is 16.9 Å². The van der Waals surface area contributed by atoms with Crippen LogP contribution in [0.3, 0.4) is 0 Å². The molecular weight excluding hydrogens is 267 g/mol. The molecule has 1 heterocycles. The van der Waals surface area contributed by atoms with Crippen LogP contribution in [0.25, 0.3) is 5.69 Å². The SMILES string of the molecule is NNC(c1cccc(F)c1)c1ccnn1-c1ccccc1. The highest BCUT2D eigenvalue weighted by molar-refractivity contribution is 5.36. The van der Waals surface area contributed by atoms with Crippen LogP contribution in [-0.4, -0.2) is 9.78 Å². The molecule has 1 atom stereocenters. The molecule has 3 rings (SSSR count). The van der Waals surface area contributed by atoms with Crippen molar-refractivity contribution in [3.8, 4) is 5.69 Å². The zero-order valence-electron chi connectivity index (χ0n) is 11.3.